The summed E-state index contributed by atoms with van der Waals surface area (Å²) >= 11 is 0. The molecule has 0 radical (unpaired) electrons. The summed E-state index contributed by atoms with van der Waals surface area (Å²) in [6.07, 6.45) is 0. The first kappa shape index (κ1) is 78.6. The fraction of sp³-hybridized carbons (Fsp3) is 0. The van der Waals surface area contributed by atoms with Gasteiger partial charge in [-0.2, -0.15) is 19.9 Å². The van der Waals surface area contributed by atoms with Crippen molar-refractivity contribution in [2.24, 2.45) is 0 Å². The molecule has 26 rings (SSSR count). The molecule has 0 aliphatic rings. The van der Waals surface area contributed by atoms with Crippen LogP contribution in [0.5, 0.6) is 0 Å². The maximum atomic E-state index is 5.52. The number of hydrogen-bond donors (Lipinski definition) is 0. The Morgan fingerprint density at radius 3 is 0.809 bits per heavy atom. The number of rotatable bonds is 17. The Bertz CT molecular complexity index is 9050. The summed E-state index contributed by atoms with van der Waals surface area (Å²) in [7, 11) is 0. The molecule has 6 aromatic heterocycles. The zero-order chi connectivity index (χ0) is 89.7. The number of hydrogen-bond acceptors (Lipinski definition) is 6. The maximum absolute atomic E-state index is 5.52. The quantitative estimate of drug-likeness (QED) is 0.0901. The highest BCUT2D eigenvalue weighted by Crippen LogP contribution is 2.49. The number of para-hydroxylation sites is 6. The van der Waals surface area contributed by atoms with Crippen LogP contribution in [0.3, 0.4) is 0 Å². The highest BCUT2D eigenvalue weighted by molar-refractivity contribution is 6.30. The number of nitrogens with zero attached hydrogens (tertiary/aromatic N) is 10. The van der Waals surface area contributed by atoms with Crippen LogP contribution in [0.15, 0.2) is 485 Å². The molecule has 0 saturated heterocycles. The molecule has 0 aliphatic carbocycles. The first-order valence-corrected chi connectivity index (χ1v) is 46.1. The van der Waals surface area contributed by atoms with Crippen LogP contribution in [0.1, 0.15) is 0 Å². The van der Waals surface area contributed by atoms with Crippen LogP contribution in [0.2, 0.25) is 0 Å². The molecular formula is C126H80N10. The molecule has 26 aromatic rings. The minimum atomic E-state index is 0.524. The second kappa shape index (κ2) is 32.9. The zero-order valence-electron chi connectivity index (χ0n) is 73.7. The van der Waals surface area contributed by atoms with Gasteiger partial charge in [-0.3, -0.25) is 9.13 Å². The Balaban J connectivity index is 0.517. The van der Waals surface area contributed by atoms with Crippen LogP contribution in [0.4, 0.5) is 0 Å². The summed E-state index contributed by atoms with van der Waals surface area (Å²) in [4.78, 5) is 32.5. The third-order valence-electron chi connectivity index (χ3n) is 26.9. The predicted octanol–water partition coefficient (Wildman–Crippen LogP) is 32.1. The Kier molecular flexibility index (Phi) is 19.0. The lowest BCUT2D eigenvalue weighted by atomic mass is 9.92. The van der Waals surface area contributed by atoms with Crippen molar-refractivity contribution in [1.29, 1.82) is 0 Å². The van der Waals surface area contributed by atoms with Crippen LogP contribution >= 0.6 is 0 Å². The first-order chi connectivity index (χ1) is 67.4. The van der Waals surface area contributed by atoms with E-state index in [9.17, 15) is 0 Å². The molecule has 0 spiro atoms. The summed E-state index contributed by atoms with van der Waals surface area (Å²) in [5.74, 6) is 3.34. The topological polar surface area (TPSA) is 97.1 Å². The van der Waals surface area contributed by atoms with E-state index in [-0.39, 0.29) is 0 Å². The molecule has 0 fully saturated rings. The lowest BCUT2D eigenvalue weighted by Gasteiger charge is -2.17. The van der Waals surface area contributed by atoms with E-state index in [1.807, 2.05) is 36.4 Å². The van der Waals surface area contributed by atoms with Gasteiger partial charge in [0.2, 0.25) is 11.9 Å². The lowest BCUT2D eigenvalue weighted by Crippen LogP contribution is -2.06. The van der Waals surface area contributed by atoms with Gasteiger partial charge in [0.1, 0.15) is 0 Å². The molecule has 0 bridgehead atoms. The molecule has 0 N–H and O–H groups in total. The Labute approximate surface area is 784 Å². The van der Waals surface area contributed by atoms with Gasteiger partial charge in [-0.1, -0.05) is 388 Å². The zero-order valence-corrected chi connectivity index (χ0v) is 73.7. The minimum Gasteiger partial charge on any atom is -0.309 e. The van der Waals surface area contributed by atoms with Gasteiger partial charge in [0, 0.05) is 76.5 Å². The predicted molar refractivity (Wildman–Crippen MR) is 561 cm³/mol. The van der Waals surface area contributed by atoms with Crippen molar-refractivity contribution in [3.8, 4) is 169 Å². The molecule has 0 aliphatic heterocycles. The molecule has 10 heteroatoms. The van der Waals surface area contributed by atoms with Gasteiger partial charge < -0.3 is 9.13 Å². The third-order valence-corrected chi connectivity index (χ3v) is 26.9. The standard InChI is InChI=1S/C126H80N10/c1-7-32-81(33-8-1)95-75-96(82-34-9-2-10-35-82)78-99(77-95)101-46-19-25-52-108(101)133-111-55-28-22-49-105(111)117-114(133)72-73-115-118(117)106-50-23-29-56-112(106)135(115)126-130-122(91-42-17-6-18-43-91)128-124(132-126)94-45-31-44-93(74-94)89-64-62-87(63-65-89)85-58-60-86(61-59-85)88-66-68-92(69-67-88)123-127-121(90-40-15-5-16-41-90)129-125(131-123)136-113-57-30-24-51-107(113)119-116(136)71-70-104-103-48-21-27-54-110(103)134(120(104)119)109-53-26-20-47-102(109)100-79-97(83-36-11-3-12-37-83)76-98(80-100)84-38-13-4-14-39-84/h1-80H. The van der Waals surface area contributed by atoms with Gasteiger partial charge >= 0.3 is 0 Å². The molecule has 10 nitrogen and oxygen atoms in total. The molecule has 136 heavy (non-hydrogen) atoms. The van der Waals surface area contributed by atoms with Gasteiger partial charge in [0.25, 0.3) is 0 Å². The first-order valence-electron chi connectivity index (χ1n) is 46.1. The largest absolute Gasteiger partial charge is 0.309 e. The van der Waals surface area contributed by atoms with Crippen molar-refractivity contribution < 1.29 is 0 Å². The van der Waals surface area contributed by atoms with Gasteiger partial charge in [-0.15, -0.1) is 0 Å². The Hall–Kier alpha value is -18.4. The van der Waals surface area contributed by atoms with E-state index in [0.717, 1.165) is 204 Å². The monoisotopic (exact) mass is 1730 g/mol. The average molecular weight is 1730 g/mol. The second-order valence-electron chi connectivity index (χ2n) is 34.8. The number of benzene rings is 20. The van der Waals surface area contributed by atoms with Gasteiger partial charge in [-0.25, -0.2) is 9.97 Å². The third kappa shape index (κ3) is 13.6. The van der Waals surface area contributed by atoms with Crippen LogP contribution in [0, 0.1) is 0 Å². The normalized spacial score (nSPS) is 11.7. The molecule has 0 saturated carbocycles. The minimum absolute atomic E-state index is 0.524. The number of aromatic nitrogens is 10. The lowest BCUT2D eigenvalue weighted by molar-refractivity contribution is 0.953. The molecule has 0 amide bonds. The summed E-state index contributed by atoms with van der Waals surface area (Å²) in [5.41, 5.74) is 34.4. The second-order valence-corrected chi connectivity index (χ2v) is 34.8. The highest BCUT2D eigenvalue weighted by Gasteiger charge is 2.29. The van der Waals surface area contributed by atoms with E-state index in [1.54, 1.807) is 0 Å². The maximum Gasteiger partial charge on any atom is 0.238 e. The van der Waals surface area contributed by atoms with Crippen molar-refractivity contribution in [2.45, 2.75) is 0 Å². The summed E-state index contributed by atoms with van der Waals surface area (Å²) in [5, 5.41) is 9.04. The van der Waals surface area contributed by atoms with E-state index in [1.165, 1.54) is 16.5 Å². The van der Waals surface area contributed by atoms with Crippen molar-refractivity contribution >= 4 is 87.2 Å². The van der Waals surface area contributed by atoms with Gasteiger partial charge in [0.15, 0.2) is 23.3 Å². The van der Waals surface area contributed by atoms with Crippen LogP contribution < -0.4 is 0 Å². The molecule has 6 heterocycles. The van der Waals surface area contributed by atoms with Crippen LogP contribution in [-0.4, -0.2) is 48.2 Å². The van der Waals surface area contributed by atoms with Crippen molar-refractivity contribution in [2.75, 3.05) is 0 Å². The summed E-state index contributed by atoms with van der Waals surface area (Å²) in [6.45, 7) is 0. The fourth-order valence-electron chi connectivity index (χ4n) is 20.5. The van der Waals surface area contributed by atoms with E-state index >= 15 is 0 Å². The van der Waals surface area contributed by atoms with E-state index in [2.05, 4.69) is 467 Å². The SMILES string of the molecule is c1ccc(-c2cc(-c3ccccc3)cc(-c3ccccc3-n3c4ccccc4c4c5c6ccccc6n(-c6nc(-c7ccccc7)nc(-c7cccc(-c8ccc(-c9ccc(-c%10ccc(-c%11nc(-c%12ccccc%12)nc(-n%12c%13ccccc%13c%13c%12ccc%12c%14ccccc%14n(-c%14ccccc%14-c%14cc(-c%15ccccc%15)cc(-c%15ccccc%15)c%14)c%12%13)n%11)cc%10)cc9)cc8)c7)n6)c5ccc43)c2)cc1. The highest BCUT2D eigenvalue weighted by atomic mass is 15.2. The molecule has 20 aromatic carbocycles. The van der Waals surface area contributed by atoms with E-state index in [0.29, 0.717) is 35.2 Å². The molecule has 0 unspecified atom stereocenters. The molecular weight excluding hydrogens is 1650 g/mol. The molecule has 634 valence electrons. The van der Waals surface area contributed by atoms with Crippen LogP contribution in [0.25, 0.3) is 256 Å². The van der Waals surface area contributed by atoms with E-state index in [4.69, 9.17) is 29.9 Å². The van der Waals surface area contributed by atoms with E-state index < -0.39 is 0 Å². The Morgan fingerprint density at radius 2 is 0.390 bits per heavy atom. The fourth-order valence-corrected chi connectivity index (χ4v) is 20.5. The Morgan fingerprint density at radius 1 is 0.132 bits per heavy atom. The van der Waals surface area contributed by atoms with Crippen LogP contribution in [-0.2, 0) is 0 Å². The van der Waals surface area contributed by atoms with Crippen molar-refractivity contribution in [3.63, 3.8) is 0 Å². The number of fused-ring (bicyclic) bond motifs is 14. The smallest absolute Gasteiger partial charge is 0.238 e. The van der Waals surface area contributed by atoms with Gasteiger partial charge in [0.05, 0.1) is 55.5 Å². The summed E-state index contributed by atoms with van der Waals surface area (Å²) in [6, 6.07) is 174. The van der Waals surface area contributed by atoms with Crippen molar-refractivity contribution in [1.82, 2.24) is 48.2 Å². The van der Waals surface area contributed by atoms with Gasteiger partial charge in [-0.05, 0) is 186 Å². The average Bonchev–Trinajstić information content (AvgIpc) is 1.54. The molecule has 0 atom stereocenters. The summed E-state index contributed by atoms with van der Waals surface area (Å²) < 4.78 is 9.43. The van der Waals surface area contributed by atoms with Crippen molar-refractivity contribution in [3.05, 3.63) is 485 Å².